The monoisotopic (exact) mass is 618 g/mol. The number of benzene rings is 2. The molecule has 2 aromatic carbocycles. The van der Waals surface area contributed by atoms with Crippen molar-refractivity contribution in [2.24, 2.45) is 0 Å². The van der Waals surface area contributed by atoms with Crippen molar-refractivity contribution in [1.82, 2.24) is 0 Å². The summed E-state index contributed by atoms with van der Waals surface area (Å²) in [6.07, 6.45) is 27.7. The predicted octanol–water partition coefficient (Wildman–Crippen LogP) is 11.5. The molecular formula is C41H62O4. The third-order valence-corrected chi connectivity index (χ3v) is 9.21. The summed E-state index contributed by atoms with van der Waals surface area (Å²) in [5.41, 5.74) is 0.862. The van der Waals surface area contributed by atoms with E-state index in [9.17, 15) is 9.90 Å². The Morgan fingerprint density at radius 2 is 0.933 bits per heavy atom. The minimum atomic E-state index is -1.34. The van der Waals surface area contributed by atoms with Crippen LogP contribution in [0.5, 0.6) is 11.5 Å². The maximum atomic E-state index is 12.5. The molecule has 0 aromatic heterocycles. The van der Waals surface area contributed by atoms with Gasteiger partial charge in [-0.15, -0.1) is 0 Å². The predicted molar refractivity (Wildman–Crippen MR) is 189 cm³/mol. The summed E-state index contributed by atoms with van der Waals surface area (Å²) < 4.78 is 12.0. The first-order chi connectivity index (χ1) is 22.1. The Morgan fingerprint density at radius 3 is 1.36 bits per heavy atom. The lowest BCUT2D eigenvalue weighted by atomic mass is 9.84. The lowest BCUT2D eigenvalue weighted by molar-refractivity contribution is -0.116. The summed E-state index contributed by atoms with van der Waals surface area (Å²) in [4.78, 5) is 12.5. The molecule has 1 aliphatic rings. The molecule has 0 bridgehead atoms. The van der Waals surface area contributed by atoms with Gasteiger partial charge in [0.2, 0.25) is 0 Å². The van der Waals surface area contributed by atoms with Crippen LogP contribution in [0.1, 0.15) is 160 Å². The number of ketones is 1. The molecule has 250 valence electrons. The van der Waals surface area contributed by atoms with Crippen molar-refractivity contribution >= 4 is 11.4 Å². The number of hydrogen-bond acceptors (Lipinski definition) is 4. The summed E-state index contributed by atoms with van der Waals surface area (Å²) in [7, 11) is 0. The van der Waals surface area contributed by atoms with Crippen LogP contribution >= 0.6 is 0 Å². The Labute approximate surface area is 275 Å². The van der Waals surface area contributed by atoms with Gasteiger partial charge in [0.05, 0.1) is 13.2 Å². The smallest absolute Gasteiger partial charge is 0.159 e. The van der Waals surface area contributed by atoms with Crippen molar-refractivity contribution in [3.05, 3.63) is 65.7 Å². The summed E-state index contributed by atoms with van der Waals surface area (Å²) in [6, 6.07) is 15.4. The van der Waals surface area contributed by atoms with Gasteiger partial charge in [-0.25, -0.2) is 0 Å². The van der Waals surface area contributed by atoms with Crippen LogP contribution in [0.25, 0.3) is 5.57 Å². The van der Waals surface area contributed by atoms with Crippen LogP contribution in [-0.4, -0.2) is 24.1 Å². The van der Waals surface area contributed by atoms with Gasteiger partial charge >= 0.3 is 0 Å². The molecule has 0 spiro atoms. The van der Waals surface area contributed by atoms with Crippen molar-refractivity contribution in [3.63, 3.8) is 0 Å². The first-order valence-electron chi connectivity index (χ1n) is 18.5. The Kier molecular flexibility index (Phi) is 18.0. The average molecular weight is 619 g/mol. The Bertz CT molecular complexity index is 1090. The summed E-state index contributed by atoms with van der Waals surface area (Å²) in [5.74, 6) is 1.57. The van der Waals surface area contributed by atoms with Crippen LogP contribution in [0.15, 0.2) is 54.6 Å². The Hall–Kier alpha value is -2.59. The molecule has 0 saturated heterocycles. The molecule has 0 saturated carbocycles. The molecule has 0 radical (unpaired) electrons. The fourth-order valence-electron chi connectivity index (χ4n) is 6.38. The highest BCUT2D eigenvalue weighted by atomic mass is 16.5. The highest BCUT2D eigenvalue weighted by molar-refractivity contribution is 6.05. The van der Waals surface area contributed by atoms with Crippen molar-refractivity contribution < 1.29 is 19.4 Å². The van der Waals surface area contributed by atoms with Crippen LogP contribution < -0.4 is 9.47 Å². The minimum Gasteiger partial charge on any atom is -0.494 e. The molecule has 1 atom stereocenters. The second-order valence-electron chi connectivity index (χ2n) is 13.2. The Balaban J connectivity index is 1.36. The van der Waals surface area contributed by atoms with E-state index in [2.05, 4.69) is 13.8 Å². The van der Waals surface area contributed by atoms with Gasteiger partial charge in [0.1, 0.15) is 17.1 Å². The maximum absolute atomic E-state index is 12.5. The molecule has 0 amide bonds. The molecular weight excluding hydrogens is 556 g/mol. The maximum Gasteiger partial charge on any atom is 0.159 e. The zero-order valence-electron chi connectivity index (χ0n) is 28.6. The van der Waals surface area contributed by atoms with E-state index in [1.807, 2.05) is 48.5 Å². The average Bonchev–Trinajstić information content (AvgIpc) is 3.37. The van der Waals surface area contributed by atoms with Crippen LogP contribution in [0, 0.1) is 0 Å². The lowest BCUT2D eigenvalue weighted by Crippen LogP contribution is -2.25. The number of hydrogen-bond donors (Lipinski definition) is 1. The molecule has 1 N–H and O–H groups in total. The standard InChI is InChI=1S/C41H62O4/c1-3-5-7-9-11-13-15-17-19-21-31-44-38-27-23-35(24-28-38)40-33-37(42)34-41(40,43)36-25-29-39(30-26-36)45-32-22-20-18-16-14-12-10-8-6-4-2/h23-30,33,43H,3-22,31-32,34H2,1-2H3. The third kappa shape index (κ3) is 13.7. The second-order valence-corrected chi connectivity index (χ2v) is 13.2. The molecule has 45 heavy (non-hydrogen) atoms. The van der Waals surface area contributed by atoms with Gasteiger partial charge in [-0.1, -0.05) is 154 Å². The van der Waals surface area contributed by atoms with Crippen molar-refractivity contribution in [1.29, 1.82) is 0 Å². The van der Waals surface area contributed by atoms with E-state index < -0.39 is 5.60 Å². The van der Waals surface area contributed by atoms with Crippen LogP contribution in [0.3, 0.4) is 0 Å². The quantitative estimate of drug-likeness (QED) is 0.107. The summed E-state index contributed by atoms with van der Waals surface area (Å²) in [6.45, 7) is 5.95. The topological polar surface area (TPSA) is 55.8 Å². The molecule has 4 heteroatoms. The van der Waals surface area contributed by atoms with Crippen LogP contribution in [-0.2, 0) is 10.4 Å². The number of carbonyl (C=O) groups is 1. The van der Waals surface area contributed by atoms with Crippen LogP contribution in [0.2, 0.25) is 0 Å². The molecule has 1 unspecified atom stereocenters. The van der Waals surface area contributed by atoms with Gasteiger partial charge in [0.15, 0.2) is 5.78 Å². The zero-order valence-corrected chi connectivity index (χ0v) is 28.6. The highest BCUT2D eigenvalue weighted by Crippen LogP contribution is 2.44. The number of aliphatic hydroxyl groups is 1. The lowest BCUT2D eigenvalue weighted by Gasteiger charge is -2.27. The van der Waals surface area contributed by atoms with E-state index in [0.717, 1.165) is 29.9 Å². The molecule has 0 aliphatic heterocycles. The van der Waals surface area contributed by atoms with Gasteiger partial charge in [-0.3, -0.25) is 4.79 Å². The van der Waals surface area contributed by atoms with Gasteiger partial charge in [0, 0.05) is 6.42 Å². The van der Waals surface area contributed by atoms with E-state index in [-0.39, 0.29) is 12.2 Å². The highest BCUT2D eigenvalue weighted by Gasteiger charge is 2.41. The van der Waals surface area contributed by atoms with E-state index in [1.54, 1.807) is 6.08 Å². The van der Waals surface area contributed by atoms with Gasteiger partial charge in [-0.05, 0) is 59.9 Å². The van der Waals surface area contributed by atoms with Crippen molar-refractivity contribution in [2.75, 3.05) is 13.2 Å². The largest absolute Gasteiger partial charge is 0.494 e. The van der Waals surface area contributed by atoms with E-state index in [1.165, 1.54) is 116 Å². The molecule has 0 fully saturated rings. The second kappa shape index (κ2) is 22.0. The van der Waals surface area contributed by atoms with Gasteiger partial charge < -0.3 is 14.6 Å². The first-order valence-corrected chi connectivity index (χ1v) is 18.5. The molecule has 2 aromatic rings. The molecule has 0 heterocycles. The summed E-state index contributed by atoms with van der Waals surface area (Å²) in [5, 5.41) is 11.7. The fourth-order valence-corrected chi connectivity index (χ4v) is 6.38. The normalized spacial score (nSPS) is 16.2. The molecule has 1 aliphatic carbocycles. The van der Waals surface area contributed by atoms with Crippen molar-refractivity contribution in [2.45, 2.75) is 154 Å². The van der Waals surface area contributed by atoms with Crippen molar-refractivity contribution in [3.8, 4) is 11.5 Å². The van der Waals surface area contributed by atoms with E-state index in [0.29, 0.717) is 24.4 Å². The number of allylic oxidation sites excluding steroid dienone is 1. The zero-order chi connectivity index (χ0) is 32.0. The molecule has 3 rings (SSSR count). The number of carbonyl (C=O) groups excluding carboxylic acids is 1. The van der Waals surface area contributed by atoms with Gasteiger partial charge in [0.25, 0.3) is 0 Å². The summed E-state index contributed by atoms with van der Waals surface area (Å²) >= 11 is 0. The van der Waals surface area contributed by atoms with E-state index >= 15 is 0 Å². The number of unbranched alkanes of at least 4 members (excludes halogenated alkanes) is 18. The first kappa shape index (κ1) is 36.9. The SMILES string of the molecule is CCCCCCCCCCCCOc1ccc(C2=CC(=O)CC2(O)c2ccc(OCCCCCCCCCCCC)cc2)cc1. The van der Waals surface area contributed by atoms with Crippen LogP contribution in [0.4, 0.5) is 0 Å². The number of ether oxygens (including phenoxy) is 2. The number of rotatable bonds is 26. The third-order valence-electron chi connectivity index (χ3n) is 9.21. The Morgan fingerprint density at radius 1 is 0.556 bits per heavy atom. The van der Waals surface area contributed by atoms with Gasteiger partial charge in [-0.2, -0.15) is 0 Å². The fraction of sp³-hybridized carbons (Fsp3) is 0.634. The molecule has 4 nitrogen and oxygen atoms in total. The van der Waals surface area contributed by atoms with E-state index in [4.69, 9.17) is 9.47 Å². The minimum absolute atomic E-state index is 0.0537.